The highest BCUT2D eigenvalue weighted by molar-refractivity contribution is 5.64. The molecule has 6 nitrogen and oxygen atoms in total. The molecule has 0 fully saturated rings. The van der Waals surface area contributed by atoms with Crippen molar-refractivity contribution in [2.75, 3.05) is 20.3 Å². The van der Waals surface area contributed by atoms with Gasteiger partial charge in [-0.25, -0.2) is 9.78 Å². The highest BCUT2D eigenvalue weighted by Crippen LogP contribution is 2.05. The van der Waals surface area contributed by atoms with E-state index in [1.165, 1.54) is 0 Å². The number of amides is 1. The molecule has 1 aromatic rings. The Labute approximate surface area is 93.8 Å². The zero-order chi connectivity index (χ0) is 11.8. The lowest BCUT2D eigenvalue weighted by Gasteiger charge is -2.05. The van der Waals surface area contributed by atoms with Crippen molar-refractivity contribution in [3.05, 3.63) is 23.9 Å². The Kier molecular flexibility index (Phi) is 5.07. The number of primary amides is 1. The summed E-state index contributed by atoms with van der Waals surface area (Å²) in [5, 5.41) is 3.06. The third-order valence-electron chi connectivity index (χ3n) is 1.82. The molecule has 0 saturated carbocycles. The molecule has 3 N–H and O–H groups in total. The van der Waals surface area contributed by atoms with E-state index in [0.717, 1.165) is 5.69 Å². The van der Waals surface area contributed by atoms with Gasteiger partial charge in [0.2, 0.25) is 5.88 Å². The fourth-order valence-corrected chi connectivity index (χ4v) is 1.11. The van der Waals surface area contributed by atoms with Gasteiger partial charge in [0.1, 0.15) is 6.61 Å². The number of aromatic nitrogens is 1. The summed E-state index contributed by atoms with van der Waals surface area (Å²) >= 11 is 0. The van der Waals surface area contributed by atoms with Crippen molar-refractivity contribution in [3.8, 4) is 5.88 Å². The molecule has 1 rings (SSSR count). The third kappa shape index (κ3) is 4.61. The van der Waals surface area contributed by atoms with Crippen molar-refractivity contribution < 1.29 is 14.3 Å². The molecule has 0 radical (unpaired) electrons. The van der Waals surface area contributed by atoms with Crippen LogP contribution in [0.5, 0.6) is 5.88 Å². The van der Waals surface area contributed by atoms with E-state index in [1.807, 2.05) is 12.1 Å². The number of pyridine rings is 1. The lowest BCUT2D eigenvalue weighted by Crippen LogP contribution is -2.23. The first-order valence-corrected chi connectivity index (χ1v) is 4.85. The predicted octanol–water partition coefficient (Wildman–Crippen LogP) is 0.275. The number of rotatable bonds is 6. The number of methoxy groups -OCH3 is 1. The predicted molar refractivity (Wildman–Crippen MR) is 58.0 cm³/mol. The number of nitrogens with two attached hydrogens (primary N) is 1. The molecule has 1 heterocycles. The molecule has 0 atom stereocenters. The number of hydrogen-bond donors (Lipinski definition) is 2. The first-order chi connectivity index (χ1) is 7.72. The molecule has 0 saturated heterocycles. The van der Waals surface area contributed by atoms with E-state index in [0.29, 0.717) is 19.0 Å². The van der Waals surface area contributed by atoms with Crippen LogP contribution in [0.2, 0.25) is 0 Å². The fourth-order valence-electron chi connectivity index (χ4n) is 1.11. The van der Waals surface area contributed by atoms with Gasteiger partial charge in [0.05, 0.1) is 12.8 Å². The van der Waals surface area contributed by atoms with E-state index >= 15 is 0 Å². The Balaban J connectivity index is 2.23. The minimum atomic E-state index is -0.763. The van der Waals surface area contributed by atoms with Gasteiger partial charge in [-0.05, 0) is 6.07 Å². The lowest BCUT2D eigenvalue weighted by atomic mass is 10.3. The summed E-state index contributed by atoms with van der Waals surface area (Å²) in [4.78, 5) is 14.5. The number of carbonyl (C=O) groups excluding carboxylic acids is 1. The Morgan fingerprint density at radius 1 is 1.56 bits per heavy atom. The molecule has 0 aliphatic rings. The molecule has 0 unspecified atom stereocenters. The first-order valence-electron chi connectivity index (χ1n) is 4.85. The van der Waals surface area contributed by atoms with E-state index in [9.17, 15) is 4.79 Å². The van der Waals surface area contributed by atoms with E-state index in [1.54, 1.807) is 13.2 Å². The minimum Gasteiger partial charge on any atom is -0.481 e. The zero-order valence-corrected chi connectivity index (χ0v) is 9.10. The first kappa shape index (κ1) is 12.3. The molecule has 16 heavy (non-hydrogen) atoms. The molecular weight excluding hydrogens is 210 g/mol. The second-order valence-electron chi connectivity index (χ2n) is 3.02. The van der Waals surface area contributed by atoms with Gasteiger partial charge in [-0.2, -0.15) is 0 Å². The van der Waals surface area contributed by atoms with Gasteiger partial charge in [-0.15, -0.1) is 0 Å². The molecule has 0 aliphatic heterocycles. The molecule has 88 valence electrons. The van der Waals surface area contributed by atoms with Crippen LogP contribution in [-0.2, 0) is 11.3 Å². The quantitative estimate of drug-likeness (QED) is 0.679. The SMILES string of the molecule is COc1cccc(CNCCOC(N)=O)n1. The Morgan fingerprint density at radius 2 is 2.38 bits per heavy atom. The van der Waals surface area contributed by atoms with E-state index < -0.39 is 6.09 Å². The topological polar surface area (TPSA) is 86.5 Å². The second kappa shape index (κ2) is 6.62. The maximum atomic E-state index is 10.3. The summed E-state index contributed by atoms with van der Waals surface area (Å²) in [5.74, 6) is 0.577. The summed E-state index contributed by atoms with van der Waals surface area (Å²) in [6.07, 6.45) is -0.763. The number of nitrogens with zero attached hydrogens (tertiary/aromatic N) is 1. The van der Waals surface area contributed by atoms with E-state index in [-0.39, 0.29) is 6.61 Å². The van der Waals surface area contributed by atoms with Gasteiger partial charge in [0, 0.05) is 19.2 Å². The summed E-state index contributed by atoms with van der Waals surface area (Å²) in [6.45, 7) is 1.36. The summed E-state index contributed by atoms with van der Waals surface area (Å²) < 4.78 is 9.54. The van der Waals surface area contributed by atoms with Crippen LogP contribution in [0.25, 0.3) is 0 Å². The van der Waals surface area contributed by atoms with Crippen LogP contribution in [0.1, 0.15) is 5.69 Å². The minimum absolute atomic E-state index is 0.249. The molecule has 0 bridgehead atoms. The molecule has 1 amide bonds. The van der Waals surface area contributed by atoms with Gasteiger partial charge >= 0.3 is 6.09 Å². The van der Waals surface area contributed by atoms with Crippen molar-refractivity contribution in [1.29, 1.82) is 0 Å². The molecule has 6 heteroatoms. The normalized spacial score (nSPS) is 9.81. The Hall–Kier alpha value is -1.82. The summed E-state index contributed by atoms with van der Waals surface area (Å²) in [6, 6.07) is 5.52. The maximum Gasteiger partial charge on any atom is 0.404 e. The van der Waals surface area contributed by atoms with Crippen LogP contribution in [0, 0.1) is 0 Å². The third-order valence-corrected chi connectivity index (χ3v) is 1.82. The van der Waals surface area contributed by atoms with Crippen molar-refractivity contribution in [1.82, 2.24) is 10.3 Å². The maximum absolute atomic E-state index is 10.3. The molecule has 0 aromatic carbocycles. The fraction of sp³-hybridized carbons (Fsp3) is 0.400. The number of ether oxygens (including phenoxy) is 2. The summed E-state index contributed by atoms with van der Waals surface area (Å²) in [7, 11) is 1.57. The van der Waals surface area contributed by atoms with Crippen LogP contribution in [0.15, 0.2) is 18.2 Å². The van der Waals surface area contributed by atoms with Crippen molar-refractivity contribution >= 4 is 6.09 Å². The Morgan fingerprint density at radius 3 is 3.06 bits per heavy atom. The molecule has 1 aromatic heterocycles. The largest absolute Gasteiger partial charge is 0.481 e. The van der Waals surface area contributed by atoms with Gasteiger partial charge in [-0.3, -0.25) is 0 Å². The average molecular weight is 225 g/mol. The van der Waals surface area contributed by atoms with Crippen molar-refractivity contribution in [3.63, 3.8) is 0 Å². The van der Waals surface area contributed by atoms with Gasteiger partial charge in [0.25, 0.3) is 0 Å². The number of nitrogens with one attached hydrogen (secondary N) is 1. The van der Waals surface area contributed by atoms with E-state index in [2.05, 4.69) is 15.0 Å². The van der Waals surface area contributed by atoms with Crippen molar-refractivity contribution in [2.45, 2.75) is 6.54 Å². The smallest absolute Gasteiger partial charge is 0.404 e. The van der Waals surface area contributed by atoms with Crippen LogP contribution >= 0.6 is 0 Å². The zero-order valence-electron chi connectivity index (χ0n) is 9.10. The van der Waals surface area contributed by atoms with Gasteiger partial charge in [-0.1, -0.05) is 6.07 Å². The number of carbonyl (C=O) groups is 1. The monoisotopic (exact) mass is 225 g/mol. The van der Waals surface area contributed by atoms with Gasteiger partial charge < -0.3 is 20.5 Å². The van der Waals surface area contributed by atoms with Crippen LogP contribution in [0.4, 0.5) is 4.79 Å². The van der Waals surface area contributed by atoms with E-state index in [4.69, 9.17) is 10.5 Å². The second-order valence-corrected chi connectivity index (χ2v) is 3.02. The lowest BCUT2D eigenvalue weighted by molar-refractivity contribution is 0.157. The molecule has 0 aliphatic carbocycles. The van der Waals surface area contributed by atoms with Crippen LogP contribution < -0.4 is 15.8 Å². The van der Waals surface area contributed by atoms with Gasteiger partial charge in [0.15, 0.2) is 0 Å². The molecular formula is C10H15N3O3. The average Bonchev–Trinajstić information content (AvgIpc) is 2.28. The van der Waals surface area contributed by atoms with Crippen molar-refractivity contribution in [2.24, 2.45) is 5.73 Å². The Bertz CT molecular complexity index is 344. The summed E-state index contributed by atoms with van der Waals surface area (Å²) in [5.41, 5.74) is 5.67. The molecule has 0 spiro atoms. The highest BCUT2D eigenvalue weighted by Gasteiger charge is 1.97. The van der Waals surface area contributed by atoms with Crippen LogP contribution in [-0.4, -0.2) is 31.3 Å². The highest BCUT2D eigenvalue weighted by atomic mass is 16.5. The number of hydrogen-bond acceptors (Lipinski definition) is 5. The standard InChI is InChI=1S/C10H15N3O3/c1-15-9-4-2-3-8(13-9)7-12-5-6-16-10(11)14/h2-4,12H,5-7H2,1H3,(H2,11,14). The van der Waals surface area contributed by atoms with Crippen LogP contribution in [0.3, 0.4) is 0 Å².